The van der Waals surface area contributed by atoms with Crippen LogP contribution in [0.3, 0.4) is 0 Å². The third kappa shape index (κ3) is 3.81. The largest absolute Gasteiger partial charge is 0.435 e. The zero-order valence-electron chi connectivity index (χ0n) is 8.77. The number of hydrogen-bond donors (Lipinski definition) is 0. The van der Waals surface area contributed by atoms with E-state index in [1.165, 1.54) is 0 Å². The molecule has 0 aliphatic carbocycles. The number of benzene rings is 1. The van der Waals surface area contributed by atoms with Gasteiger partial charge in [0.1, 0.15) is 0 Å². The van der Waals surface area contributed by atoms with Crippen LogP contribution in [0.15, 0.2) is 49.2 Å². The topological polar surface area (TPSA) is 26.3 Å². The average molecular weight is 202 g/mol. The third-order valence-electron chi connectivity index (χ3n) is 2.02. The van der Waals surface area contributed by atoms with Gasteiger partial charge in [0.2, 0.25) is 0 Å². The molecule has 15 heavy (non-hydrogen) atoms. The van der Waals surface area contributed by atoms with Gasteiger partial charge in [0.05, 0.1) is 12.7 Å². The quantitative estimate of drug-likeness (QED) is 0.553. The summed E-state index contributed by atoms with van der Waals surface area (Å²) < 4.78 is 4.61. The molecule has 2 heteroatoms. The molecule has 0 saturated heterocycles. The SMILES string of the molecule is C=COC(=O)CC=C(C)c1ccccc1. The van der Waals surface area contributed by atoms with E-state index in [4.69, 9.17) is 0 Å². The molecule has 0 aromatic heterocycles. The van der Waals surface area contributed by atoms with Crippen LogP contribution >= 0.6 is 0 Å². The second-order valence-electron chi connectivity index (χ2n) is 3.11. The predicted octanol–water partition coefficient (Wildman–Crippen LogP) is 3.17. The second kappa shape index (κ2) is 5.81. The Bertz CT molecular complexity index is 363. The number of carbonyl (C=O) groups is 1. The van der Waals surface area contributed by atoms with Crippen LogP contribution in [0, 0.1) is 0 Å². The van der Waals surface area contributed by atoms with Crippen LogP contribution in [0.25, 0.3) is 5.57 Å². The highest BCUT2D eigenvalue weighted by Crippen LogP contribution is 2.13. The van der Waals surface area contributed by atoms with Gasteiger partial charge in [0.15, 0.2) is 0 Å². The molecule has 0 spiro atoms. The van der Waals surface area contributed by atoms with Crippen molar-refractivity contribution in [2.24, 2.45) is 0 Å². The Hall–Kier alpha value is -1.83. The molecule has 1 aromatic rings. The lowest BCUT2D eigenvalue weighted by Gasteiger charge is -2.00. The van der Waals surface area contributed by atoms with Gasteiger partial charge in [-0.25, -0.2) is 0 Å². The van der Waals surface area contributed by atoms with Gasteiger partial charge in [-0.2, -0.15) is 0 Å². The number of carbonyl (C=O) groups excluding carboxylic acids is 1. The summed E-state index contributed by atoms with van der Waals surface area (Å²) in [6.07, 6.45) is 3.27. The van der Waals surface area contributed by atoms with Crippen LogP contribution in [0.4, 0.5) is 0 Å². The van der Waals surface area contributed by atoms with Crippen molar-refractivity contribution in [3.63, 3.8) is 0 Å². The number of rotatable bonds is 4. The maximum atomic E-state index is 11.0. The van der Waals surface area contributed by atoms with Crippen LogP contribution in [0.2, 0.25) is 0 Å². The van der Waals surface area contributed by atoms with Crippen LogP contribution in [0.5, 0.6) is 0 Å². The van der Waals surface area contributed by atoms with E-state index in [1.54, 1.807) is 0 Å². The summed E-state index contributed by atoms with van der Waals surface area (Å²) in [7, 11) is 0. The van der Waals surface area contributed by atoms with Crippen LogP contribution < -0.4 is 0 Å². The van der Waals surface area contributed by atoms with Gasteiger partial charge in [0.25, 0.3) is 0 Å². The highest BCUT2D eigenvalue weighted by atomic mass is 16.5. The fraction of sp³-hybridized carbons (Fsp3) is 0.154. The molecule has 0 heterocycles. The van der Waals surface area contributed by atoms with Gasteiger partial charge < -0.3 is 4.74 Å². The van der Waals surface area contributed by atoms with Crippen LogP contribution in [0.1, 0.15) is 18.9 Å². The van der Waals surface area contributed by atoms with Gasteiger partial charge in [0, 0.05) is 0 Å². The molecule has 0 aliphatic rings. The van der Waals surface area contributed by atoms with E-state index in [9.17, 15) is 4.79 Å². The Kier molecular flexibility index (Phi) is 4.35. The first kappa shape index (κ1) is 11.2. The van der Waals surface area contributed by atoms with Crippen molar-refractivity contribution in [1.29, 1.82) is 0 Å². The molecule has 2 nitrogen and oxygen atoms in total. The average Bonchev–Trinajstić information content (AvgIpc) is 2.27. The molecule has 0 fully saturated rings. The fourth-order valence-electron chi connectivity index (χ4n) is 1.20. The molecule has 0 atom stereocenters. The van der Waals surface area contributed by atoms with Crippen molar-refractivity contribution in [1.82, 2.24) is 0 Å². The van der Waals surface area contributed by atoms with Crippen molar-refractivity contribution < 1.29 is 9.53 Å². The zero-order valence-corrected chi connectivity index (χ0v) is 8.77. The fourth-order valence-corrected chi connectivity index (χ4v) is 1.20. The predicted molar refractivity (Wildman–Crippen MR) is 61.0 cm³/mol. The number of ether oxygens (including phenoxy) is 1. The van der Waals surface area contributed by atoms with E-state index in [2.05, 4.69) is 11.3 Å². The summed E-state index contributed by atoms with van der Waals surface area (Å²) in [5.41, 5.74) is 2.18. The Morgan fingerprint density at radius 2 is 2.07 bits per heavy atom. The molecule has 0 N–H and O–H groups in total. The molecule has 0 unspecified atom stereocenters. The van der Waals surface area contributed by atoms with E-state index in [-0.39, 0.29) is 12.4 Å². The molecule has 0 bridgehead atoms. The normalized spacial score (nSPS) is 10.9. The first-order valence-electron chi connectivity index (χ1n) is 4.76. The van der Waals surface area contributed by atoms with E-state index in [0.717, 1.165) is 17.4 Å². The summed E-state index contributed by atoms with van der Waals surface area (Å²) in [6.45, 7) is 5.29. The molecule has 1 aromatic carbocycles. The second-order valence-corrected chi connectivity index (χ2v) is 3.11. The van der Waals surface area contributed by atoms with E-state index in [0.29, 0.717) is 0 Å². The Labute approximate surface area is 89.9 Å². The van der Waals surface area contributed by atoms with Gasteiger partial charge in [-0.05, 0) is 18.1 Å². The smallest absolute Gasteiger partial charge is 0.314 e. The summed E-state index contributed by atoms with van der Waals surface area (Å²) in [5.74, 6) is -0.291. The molecule has 0 saturated carbocycles. The number of hydrogen-bond acceptors (Lipinski definition) is 2. The summed E-state index contributed by atoms with van der Waals surface area (Å²) in [4.78, 5) is 11.0. The van der Waals surface area contributed by atoms with Gasteiger partial charge >= 0.3 is 5.97 Å². The highest BCUT2D eigenvalue weighted by molar-refractivity contribution is 5.75. The van der Waals surface area contributed by atoms with E-state index < -0.39 is 0 Å². The third-order valence-corrected chi connectivity index (χ3v) is 2.02. The first-order chi connectivity index (χ1) is 7.24. The van der Waals surface area contributed by atoms with Gasteiger partial charge in [-0.1, -0.05) is 43.0 Å². The number of allylic oxidation sites excluding steroid dienone is 1. The minimum atomic E-state index is -0.291. The van der Waals surface area contributed by atoms with Crippen LogP contribution in [-0.4, -0.2) is 5.97 Å². The maximum Gasteiger partial charge on any atom is 0.314 e. The lowest BCUT2D eigenvalue weighted by Crippen LogP contribution is -1.96. The highest BCUT2D eigenvalue weighted by Gasteiger charge is 1.99. The number of esters is 1. The van der Waals surface area contributed by atoms with Crippen molar-refractivity contribution in [3.05, 3.63) is 54.8 Å². The van der Waals surface area contributed by atoms with E-state index in [1.807, 2.05) is 43.3 Å². The van der Waals surface area contributed by atoms with Crippen molar-refractivity contribution in [2.45, 2.75) is 13.3 Å². The molecule has 1 rings (SSSR count). The van der Waals surface area contributed by atoms with Crippen molar-refractivity contribution >= 4 is 11.5 Å². The lowest BCUT2D eigenvalue weighted by atomic mass is 10.1. The van der Waals surface area contributed by atoms with Crippen molar-refractivity contribution in [3.8, 4) is 0 Å². The molecule has 0 aliphatic heterocycles. The zero-order chi connectivity index (χ0) is 11.1. The Morgan fingerprint density at radius 1 is 1.40 bits per heavy atom. The van der Waals surface area contributed by atoms with Gasteiger partial charge in [-0.15, -0.1) is 0 Å². The summed E-state index contributed by atoms with van der Waals surface area (Å²) >= 11 is 0. The Balaban J connectivity index is 2.61. The van der Waals surface area contributed by atoms with Gasteiger partial charge in [-0.3, -0.25) is 4.79 Å². The first-order valence-corrected chi connectivity index (χ1v) is 4.76. The molecular weight excluding hydrogens is 188 g/mol. The maximum absolute atomic E-state index is 11.0. The standard InChI is InChI=1S/C13H14O2/c1-3-15-13(14)10-9-11(2)12-7-5-4-6-8-12/h3-9H,1,10H2,2H3. The molecular formula is C13H14O2. The molecule has 0 radical (unpaired) electrons. The minimum Gasteiger partial charge on any atom is -0.435 e. The molecule has 0 amide bonds. The Morgan fingerprint density at radius 3 is 2.67 bits per heavy atom. The summed E-state index contributed by atoms with van der Waals surface area (Å²) in [6, 6.07) is 9.90. The monoisotopic (exact) mass is 202 g/mol. The minimum absolute atomic E-state index is 0.271. The lowest BCUT2D eigenvalue weighted by molar-refractivity contribution is -0.136. The molecule has 78 valence electrons. The summed E-state index contributed by atoms with van der Waals surface area (Å²) in [5, 5.41) is 0. The van der Waals surface area contributed by atoms with Crippen LogP contribution in [-0.2, 0) is 9.53 Å². The van der Waals surface area contributed by atoms with Crippen molar-refractivity contribution in [2.75, 3.05) is 0 Å². The van der Waals surface area contributed by atoms with E-state index >= 15 is 0 Å².